The highest BCUT2D eigenvalue weighted by atomic mass is 16.7. The number of aliphatic hydroxyl groups excluding tert-OH is 4. The quantitative estimate of drug-likeness (QED) is 0.409. The first-order chi connectivity index (χ1) is 12.4. The van der Waals surface area contributed by atoms with Crippen molar-refractivity contribution >= 4 is 11.0 Å². The van der Waals surface area contributed by atoms with Gasteiger partial charge in [-0.15, -0.1) is 0 Å². The summed E-state index contributed by atoms with van der Waals surface area (Å²) < 4.78 is 20.8. The molecule has 10 heteroatoms. The standard InChI is InChI=1S/C16H18O10/c1-23-8-4-7-6(2-3-10(18)24-7)11(19)15(8)26-16-14(22)13(21)12(20)9(5-17)25-16/h2-4,9,12-14,16-17,19-22H,5H2,1H3. The minimum Gasteiger partial charge on any atom is -0.504 e. The van der Waals surface area contributed by atoms with Gasteiger partial charge in [0.2, 0.25) is 12.0 Å². The summed E-state index contributed by atoms with van der Waals surface area (Å²) in [6.45, 7) is -0.628. The maximum atomic E-state index is 11.3. The van der Waals surface area contributed by atoms with E-state index in [4.69, 9.17) is 18.6 Å². The van der Waals surface area contributed by atoms with Gasteiger partial charge in [-0.1, -0.05) is 0 Å². The lowest BCUT2D eigenvalue weighted by Crippen LogP contribution is -2.60. The van der Waals surface area contributed by atoms with Crippen molar-refractivity contribution in [3.63, 3.8) is 0 Å². The summed E-state index contributed by atoms with van der Waals surface area (Å²) in [6.07, 6.45) is -7.54. The number of methoxy groups -OCH3 is 1. The minimum absolute atomic E-state index is 0.0266. The fourth-order valence-corrected chi connectivity index (χ4v) is 2.70. The Hall–Kier alpha value is -2.37. The van der Waals surface area contributed by atoms with Crippen LogP contribution in [-0.2, 0) is 4.74 Å². The Labute approximate surface area is 146 Å². The van der Waals surface area contributed by atoms with Crippen LogP contribution >= 0.6 is 0 Å². The molecule has 5 unspecified atom stereocenters. The molecule has 5 atom stereocenters. The van der Waals surface area contributed by atoms with Crippen LogP contribution in [0.2, 0.25) is 0 Å². The summed E-state index contributed by atoms with van der Waals surface area (Å²) in [5.41, 5.74) is -0.574. The van der Waals surface area contributed by atoms with Crippen LogP contribution in [0.1, 0.15) is 0 Å². The molecule has 1 fully saturated rings. The molecule has 10 nitrogen and oxygen atoms in total. The number of fused-ring (bicyclic) bond motifs is 1. The molecular weight excluding hydrogens is 352 g/mol. The van der Waals surface area contributed by atoms with Crippen molar-refractivity contribution in [2.75, 3.05) is 13.7 Å². The molecule has 0 saturated carbocycles. The average molecular weight is 370 g/mol. The first-order valence-corrected chi connectivity index (χ1v) is 7.68. The molecule has 1 saturated heterocycles. The number of hydrogen-bond donors (Lipinski definition) is 5. The van der Waals surface area contributed by atoms with Crippen molar-refractivity contribution in [2.45, 2.75) is 30.7 Å². The monoisotopic (exact) mass is 370 g/mol. The van der Waals surface area contributed by atoms with Gasteiger partial charge in [-0.05, 0) is 6.07 Å². The number of rotatable bonds is 4. The Morgan fingerprint density at radius 2 is 1.88 bits per heavy atom. The Morgan fingerprint density at radius 1 is 1.15 bits per heavy atom. The molecule has 1 aromatic carbocycles. The predicted octanol–water partition coefficient (Wildman–Crippen LogP) is -1.31. The second kappa shape index (κ2) is 7.09. The fraction of sp³-hybridized carbons (Fsp3) is 0.438. The summed E-state index contributed by atoms with van der Waals surface area (Å²) in [7, 11) is 1.28. The first kappa shape index (κ1) is 18.4. The van der Waals surface area contributed by atoms with Gasteiger partial charge < -0.3 is 44.2 Å². The highest BCUT2D eigenvalue weighted by Gasteiger charge is 2.45. The van der Waals surface area contributed by atoms with E-state index in [1.165, 1.54) is 19.2 Å². The smallest absolute Gasteiger partial charge is 0.336 e. The van der Waals surface area contributed by atoms with E-state index in [0.717, 1.165) is 6.07 Å². The maximum Gasteiger partial charge on any atom is 0.336 e. The summed E-state index contributed by atoms with van der Waals surface area (Å²) in [4.78, 5) is 11.3. The molecule has 1 aliphatic rings. The molecule has 0 aliphatic carbocycles. The number of ether oxygens (including phenoxy) is 3. The second-order valence-electron chi connectivity index (χ2n) is 5.74. The molecule has 1 aliphatic heterocycles. The van der Waals surface area contributed by atoms with Gasteiger partial charge in [-0.2, -0.15) is 0 Å². The van der Waals surface area contributed by atoms with Crippen LogP contribution in [0.15, 0.2) is 27.4 Å². The average Bonchev–Trinajstić information content (AvgIpc) is 2.63. The molecule has 5 N–H and O–H groups in total. The van der Waals surface area contributed by atoms with Crippen LogP contribution in [0.4, 0.5) is 0 Å². The van der Waals surface area contributed by atoms with Crippen LogP contribution in [0.3, 0.4) is 0 Å². The second-order valence-corrected chi connectivity index (χ2v) is 5.74. The van der Waals surface area contributed by atoms with Gasteiger partial charge in [0.05, 0.1) is 19.1 Å². The Morgan fingerprint density at radius 3 is 2.54 bits per heavy atom. The van der Waals surface area contributed by atoms with E-state index in [-0.39, 0.29) is 22.5 Å². The number of phenols is 1. The molecule has 1 aromatic heterocycles. The van der Waals surface area contributed by atoms with Gasteiger partial charge in [0.25, 0.3) is 0 Å². The normalized spacial score (nSPS) is 28.9. The van der Waals surface area contributed by atoms with Gasteiger partial charge in [0.1, 0.15) is 30.0 Å². The molecule has 0 bridgehead atoms. The predicted molar refractivity (Wildman–Crippen MR) is 85.1 cm³/mol. The Balaban J connectivity index is 2.01. The molecule has 26 heavy (non-hydrogen) atoms. The van der Waals surface area contributed by atoms with E-state index in [0.29, 0.717) is 0 Å². The summed E-state index contributed by atoms with van der Waals surface area (Å²) >= 11 is 0. The van der Waals surface area contributed by atoms with Crippen molar-refractivity contribution in [1.82, 2.24) is 0 Å². The van der Waals surface area contributed by atoms with Crippen LogP contribution in [0.5, 0.6) is 17.2 Å². The van der Waals surface area contributed by atoms with Gasteiger partial charge in [0, 0.05) is 12.1 Å². The van der Waals surface area contributed by atoms with Crippen molar-refractivity contribution in [2.24, 2.45) is 0 Å². The Bertz CT molecular complexity index is 845. The lowest BCUT2D eigenvalue weighted by atomic mass is 9.99. The molecule has 2 aromatic rings. The zero-order chi connectivity index (χ0) is 19.0. The molecule has 2 heterocycles. The number of aliphatic hydroxyl groups is 4. The third-order valence-corrected chi connectivity index (χ3v) is 4.12. The molecule has 0 radical (unpaired) electrons. The summed E-state index contributed by atoms with van der Waals surface area (Å²) in [5.74, 6) is -0.709. The fourth-order valence-electron chi connectivity index (χ4n) is 2.70. The van der Waals surface area contributed by atoms with Crippen molar-refractivity contribution < 1.29 is 44.2 Å². The number of benzene rings is 1. The zero-order valence-corrected chi connectivity index (χ0v) is 13.6. The van der Waals surface area contributed by atoms with Crippen molar-refractivity contribution in [3.05, 3.63) is 28.6 Å². The number of hydrogen-bond acceptors (Lipinski definition) is 10. The van der Waals surface area contributed by atoms with E-state index in [2.05, 4.69) is 0 Å². The van der Waals surface area contributed by atoms with Gasteiger partial charge in [-0.25, -0.2) is 4.79 Å². The first-order valence-electron chi connectivity index (χ1n) is 7.68. The van der Waals surface area contributed by atoms with Gasteiger partial charge in [0.15, 0.2) is 11.5 Å². The lowest BCUT2D eigenvalue weighted by molar-refractivity contribution is -0.277. The largest absolute Gasteiger partial charge is 0.504 e. The summed E-state index contributed by atoms with van der Waals surface area (Å²) in [5, 5.41) is 49.5. The lowest BCUT2D eigenvalue weighted by Gasteiger charge is -2.39. The SMILES string of the molecule is COc1cc2oc(=O)ccc2c(O)c1OC1OC(CO)C(O)C(O)C1O. The molecule has 142 valence electrons. The van der Waals surface area contributed by atoms with Crippen molar-refractivity contribution in [1.29, 1.82) is 0 Å². The van der Waals surface area contributed by atoms with E-state index in [9.17, 15) is 30.3 Å². The molecular formula is C16H18O10. The van der Waals surface area contributed by atoms with Crippen LogP contribution in [0, 0.1) is 0 Å². The highest BCUT2D eigenvalue weighted by molar-refractivity contribution is 5.88. The molecule has 0 amide bonds. The van der Waals surface area contributed by atoms with Crippen LogP contribution in [-0.4, -0.2) is 70.0 Å². The van der Waals surface area contributed by atoms with Crippen LogP contribution < -0.4 is 15.1 Å². The molecule has 3 rings (SSSR count). The van der Waals surface area contributed by atoms with Gasteiger partial charge in [-0.3, -0.25) is 0 Å². The summed E-state index contributed by atoms with van der Waals surface area (Å²) in [6, 6.07) is 3.72. The third-order valence-electron chi connectivity index (χ3n) is 4.12. The van der Waals surface area contributed by atoms with E-state index < -0.39 is 48.7 Å². The Kier molecular flexibility index (Phi) is 5.03. The topological polar surface area (TPSA) is 159 Å². The maximum absolute atomic E-state index is 11.3. The van der Waals surface area contributed by atoms with E-state index in [1.807, 2.05) is 0 Å². The van der Waals surface area contributed by atoms with Crippen LogP contribution in [0.25, 0.3) is 11.0 Å². The van der Waals surface area contributed by atoms with Gasteiger partial charge >= 0.3 is 5.63 Å². The van der Waals surface area contributed by atoms with E-state index >= 15 is 0 Å². The molecule has 0 spiro atoms. The van der Waals surface area contributed by atoms with Crippen molar-refractivity contribution in [3.8, 4) is 17.2 Å². The highest BCUT2D eigenvalue weighted by Crippen LogP contribution is 2.43. The third kappa shape index (κ3) is 3.08. The number of aromatic hydroxyl groups is 1. The minimum atomic E-state index is -1.67. The van der Waals surface area contributed by atoms with E-state index in [1.54, 1.807) is 0 Å². The number of phenolic OH excluding ortho intramolecular Hbond substituents is 1. The zero-order valence-electron chi connectivity index (χ0n) is 13.6.